The van der Waals surface area contributed by atoms with E-state index in [0.717, 1.165) is 9.37 Å². The Hall–Kier alpha value is -1.31. The zero-order chi connectivity index (χ0) is 14.5. The molecular weight excluding hydrogens is 342 g/mol. The molecule has 20 heavy (non-hydrogen) atoms. The molecule has 106 valence electrons. The van der Waals surface area contributed by atoms with Crippen molar-refractivity contribution in [1.82, 2.24) is 9.78 Å². The molecule has 7 heteroatoms. The molecule has 0 fully saturated rings. The predicted octanol–water partition coefficient (Wildman–Crippen LogP) is 2.83. The number of aromatic nitrogens is 2. The van der Waals surface area contributed by atoms with Gasteiger partial charge in [0, 0.05) is 22.7 Å². The molecule has 0 aliphatic carbocycles. The Labute approximate surface area is 130 Å². The summed E-state index contributed by atoms with van der Waals surface area (Å²) in [7, 11) is 1.63. The number of carbonyl (C=O) groups is 1. The zero-order valence-electron chi connectivity index (χ0n) is 10.8. The van der Waals surface area contributed by atoms with E-state index in [-0.39, 0.29) is 5.91 Å². The number of ether oxygens (including phenoxy) is 1. The summed E-state index contributed by atoms with van der Waals surface area (Å²) in [6.07, 6.45) is 3.36. The van der Waals surface area contributed by atoms with Crippen molar-refractivity contribution < 1.29 is 9.53 Å². The van der Waals surface area contributed by atoms with Gasteiger partial charge in [0.1, 0.15) is 0 Å². The quantitative estimate of drug-likeness (QED) is 0.810. The van der Waals surface area contributed by atoms with Gasteiger partial charge in [0.2, 0.25) is 0 Å². The first-order valence-corrected chi connectivity index (χ1v) is 7.15. The van der Waals surface area contributed by atoms with Crippen LogP contribution >= 0.6 is 28.6 Å². The van der Waals surface area contributed by atoms with Gasteiger partial charge in [-0.3, -0.25) is 9.48 Å². The number of rotatable bonds is 5. The van der Waals surface area contributed by atoms with Crippen LogP contribution in [0.2, 0.25) is 0 Å². The monoisotopic (exact) mass is 355 g/mol. The number of carbonyl (C=O) groups excluding carboxylic acids is 1. The largest absolute Gasteiger partial charge is 0.383 e. The number of benzene rings is 1. The molecule has 0 saturated heterocycles. The Balaban J connectivity index is 2.07. The van der Waals surface area contributed by atoms with Crippen molar-refractivity contribution in [3.8, 4) is 0 Å². The van der Waals surface area contributed by atoms with Gasteiger partial charge in [-0.2, -0.15) is 5.10 Å². The lowest BCUT2D eigenvalue weighted by Gasteiger charge is -2.05. The number of halogens is 1. The van der Waals surface area contributed by atoms with E-state index in [1.165, 1.54) is 0 Å². The molecule has 1 N–H and O–H groups in total. The Morgan fingerprint density at radius 1 is 1.55 bits per heavy atom. The Kier molecular flexibility index (Phi) is 5.22. The van der Waals surface area contributed by atoms with Crippen LogP contribution in [-0.2, 0) is 11.3 Å². The van der Waals surface area contributed by atoms with Gasteiger partial charge < -0.3 is 10.1 Å². The molecule has 0 bridgehead atoms. The van der Waals surface area contributed by atoms with E-state index < -0.39 is 0 Å². The number of hydrogen-bond acceptors (Lipinski definition) is 4. The van der Waals surface area contributed by atoms with E-state index in [1.54, 1.807) is 36.3 Å². The lowest BCUT2D eigenvalue weighted by Crippen LogP contribution is -2.12. The SMILES string of the molecule is COCCn1cc(NC(=O)c2cc(S)ccc2Br)cn1. The maximum atomic E-state index is 12.2. The van der Waals surface area contributed by atoms with Crippen molar-refractivity contribution in [2.45, 2.75) is 11.4 Å². The van der Waals surface area contributed by atoms with Crippen molar-refractivity contribution in [2.24, 2.45) is 0 Å². The van der Waals surface area contributed by atoms with Crippen molar-refractivity contribution >= 4 is 40.2 Å². The maximum Gasteiger partial charge on any atom is 0.256 e. The molecule has 0 aliphatic heterocycles. The van der Waals surface area contributed by atoms with Gasteiger partial charge in [-0.25, -0.2) is 0 Å². The number of thiol groups is 1. The molecule has 1 amide bonds. The molecule has 1 heterocycles. The van der Waals surface area contributed by atoms with Crippen LogP contribution in [0.3, 0.4) is 0 Å². The number of hydrogen-bond donors (Lipinski definition) is 2. The van der Waals surface area contributed by atoms with Crippen LogP contribution in [0, 0.1) is 0 Å². The Bertz CT molecular complexity index is 615. The van der Waals surface area contributed by atoms with Crippen molar-refractivity contribution in [1.29, 1.82) is 0 Å². The molecule has 0 atom stereocenters. The van der Waals surface area contributed by atoms with Gasteiger partial charge in [0.05, 0.1) is 30.6 Å². The lowest BCUT2D eigenvalue weighted by atomic mass is 10.2. The zero-order valence-corrected chi connectivity index (χ0v) is 13.3. The number of anilines is 1. The molecule has 2 aromatic rings. The highest BCUT2D eigenvalue weighted by Crippen LogP contribution is 2.21. The van der Waals surface area contributed by atoms with Crippen LogP contribution in [0.25, 0.3) is 0 Å². The number of methoxy groups -OCH3 is 1. The van der Waals surface area contributed by atoms with E-state index in [9.17, 15) is 4.79 Å². The second kappa shape index (κ2) is 6.92. The third kappa shape index (κ3) is 3.84. The summed E-state index contributed by atoms with van der Waals surface area (Å²) in [6, 6.07) is 5.31. The first kappa shape index (κ1) is 15.1. The van der Waals surface area contributed by atoms with E-state index in [0.29, 0.717) is 24.4 Å². The molecule has 1 aromatic carbocycles. The summed E-state index contributed by atoms with van der Waals surface area (Å²) in [5, 5.41) is 6.93. The smallest absolute Gasteiger partial charge is 0.256 e. The lowest BCUT2D eigenvalue weighted by molar-refractivity contribution is 0.102. The third-order valence-corrected chi connectivity index (χ3v) is 3.58. The molecule has 0 radical (unpaired) electrons. The fraction of sp³-hybridized carbons (Fsp3) is 0.231. The highest BCUT2D eigenvalue weighted by atomic mass is 79.9. The minimum absolute atomic E-state index is 0.209. The van der Waals surface area contributed by atoms with Crippen LogP contribution in [0.15, 0.2) is 40.0 Å². The molecule has 0 spiro atoms. The molecule has 1 aromatic heterocycles. The highest BCUT2D eigenvalue weighted by Gasteiger charge is 2.11. The van der Waals surface area contributed by atoms with Gasteiger partial charge in [-0.05, 0) is 34.1 Å². The first-order valence-electron chi connectivity index (χ1n) is 5.91. The van der Waals surface area contributed by atoms with Gasteiger partial charge >= 0.3 is 0 Å². The third-order valence-electron chi connectivity index (χ3n) is 2.61. The second-order valence-corrected chi connectivity index (χ2v) is 5.47. The summed E-state index contributed by atoms with van der Waals surface area (Å²) in [5.41, 5.74) is 1.17. The van der Waals surface area contributed by atoms with Crippen molar-refractivity contribution in [3.05, 3.63) is 40.6 Å². The van der Waals surface area contributed by atoms with Crippen LogP contribution in [0.1, 0.15) is 10.4 Å². The molecule has 2 rings (SSSR count). The van der Waals surface area contributed by atoms with Crippen molar-refractivity contribution in [2.75, 3.05) is 19.0 Å². The molecule has 0 unspecified atom stereocenters. The maximum absolute atomic E-state index is 12.2. The van der Waals surface area contributed by atoms with Crippen LogP contribution < -0.4 is 5.32 Å². The normalized spacial score (nSPS) is 10.6. The van der Waals surface area contributed by atoms with Gasteiger partial charge in [-0.1, -0.05) is 0 Å². The minimum Gasteiger partial charge on any atom is -0.383 e. The topological polar surface area (TPSA) is 56.1 Å². The Morgan fingerprint density at radius 3 is 3.10 bits per heavy atom. The van der Waals surface area contributed by atoms with E-state index in [1.807, 2.05) is 6.07 Å². The average molecular weight is 356 g/mol. The standard InChI is InChI=1S/C13H14BrN3O2S/c1-19-5-4-17-8-9(7-15-17)16-13(18)11-6-10(20)2-3-12(11)14/h2-3,6-8,20H,4-5H2,1H3,(H,16,18). The summed E-state index contributed by atoms with van der Waals surface area (Å²) in [5.74, 6) is -0.209. The predicted molar refractivity (Wildman–Crippen MR) is 83.5 cm³/mol. The summed E-state index contributed by atoms with van der Waals surface area (Å²) in [4.78, 5) is 12.9. The van der Waals surface area contributed by atoms with Gasteiger partial charge in [-0.15, -0.1) is 12.6 Å². The van der Waals surface area contributed by atoms with Gasteiger partial charge in [0.25, 0.3) is 5.91 Å². The van der Waals surface area contributed by atoms with Gasteiger partial charge in [0.15, 0.2) is 0 Å². The van der Waals surface area contributed by atoms with Crippen LogP contribution in [-0.4, -0.2) is 29.4 Å². The molecule has 5 nitrogen and oxygen atoms in total. The second-order valence-electron chi connectivity index (χ2n) is 4.10. The fourth-order valence-corrected chi connectivity index (χ4v) is 2.25. The molecule has 0 aliphatic rings. The summed E-state index contributed by atoms with van der Waals surface area (Å²) in [6.45, 7) is 1.21. The average Bonchev–Trinajstić information content (AvgIpc) is 2.86. The molecular formula is C13H14BrN3O2S. The van der Waals surface area contributed by atoms with E-state index in [2.05, 4.69) is 39.0 Å². The van der Waals surface area contributed by atoms with Crippen molar-refractivity contribution in [3.63, 3.8) is 0 Å². The number of amides is 1. The fourth-order valence-electron chi connectivity index (χ4n) is 1.62. The number of nitrogens with one attached hydrogen (secondary N) is 1. The van der Waals surface area contributed by atoms with Crippen LogP contribution in [0.4, 0.5) is 5.69 Å². The summed E-state index contributed by atoms with van der Waals surface area (Å²) < 4.78 is 7.40. The highest BCUT2D eigenvalue weighted by molar-refractivity contribution is 9.10. The Morgan fingerprint density at radius 2 is 2.35 bits per heavy atom. The number of nitrogens with zero attached hydrogens (tertiary/aromatic N) is 2. The van der Waals surface area contributed by atoms with Crippen LogP contribution in [0.5, 0.6) is 0 Å². The van der Waals surface area contributed by atoms with E-state index in [4.69, 9.17) is 4.74 Å². The molecule has 0 saturated carbocycles. The minimum atomic E-state index is -0.209. The first-order chi connectivity index (χ1) is 9.60. The summed E-state index contributed by atoms with van der Waals surface area (Å²) >= 11 is 7.59. The van der Waals surface area contributed by atoms with E-state index >= 15 is 0 Å².